The summed E-state index contributed by atoms with van der Waals surface area (Å²) in [6.07, 6.45) is 3.40. The molecule has 1 aromatic carbocycles. The molecule has 1 saturated carbocycles. The van der Waals surface area contributed by atoms with E-state index in [9.17, 15) is 4.79 Å². The first kappa shape index (κ1) is 14.1. The molecule has 0 bridgehead atoms. The monoisotopic (exact) mass is 260 g/mol. The minimum Gasteiger partial charge on any atom is -0.337 e. The molecule has 0 aromatic heterocycles. The zero-order chi connectivity index (χ0) is 13.7. The van der Waals surface area contributed by atoms with Gasteiger partial charge in [0.05, 0.1) is 0 Å². The van der Waals surface area contributed by atoms with Crippen LogP contribution in [0.1, 0.15) is 31.7 Å². The molecule has 104 valence electrons. The molecule has 1 aliphatic rings. The van der Waals surface area contributed by atoms with Crippen LogP contribution in [0.2, 0.25) is 0 Å². The van der Waals surface area contributed by atoms with Gasteiger partial charge in [0.25, 0.3) is 0 Å². The molecule has 0 aliphatic heterocycles. The second-order valence-electron chi connectivity index (χ2n) is 5.55. The molecular formula is C16H24N2O. The van der Waals surface area contributed by atoms with Crippen LogP contribution in [-0.4, -0.2) is 23.9 Å². The molecule has 0 spiro atoms. The van der Waals surface area contributed by atoms with Crippen LogP contribution in [0, 0.1) is 11.8 Å². The van der Waals surface area contributed by atoms with Crippen LogP contribution in [0.15, 0.2) is 30.3 Å². The third kappa shape index (κ3) is 3.57. The lowest BCUT2D eigenvalue weighted by molar-refractivity contribution is -0.137. The van der Waals surface area contributed by atoms with E-state index in [1.165, 1.54) is 18.4 Å². The standard InChI is InChI=1S/C16H24N2O/c1-13-6-5-9-15(13)16(19)18(11-10-17)12-14-7-3-2-4-8-14/h2-4,7-8,13,15H,5-6,9-12,17H2,1H3. The van der Waals surface area contributed by atoms with Crippen molar-refractivity contribution in [2.45, 2.75) is 32.7 Å². The molecule has 3 heteroatoms. The van der Waals surface area contributed by atoms with Gasteiger partial charge in [-0.3, -0.25) is 4.79 Å². The molecule has 0 heterocycles. The Hall–Kier alpha value is -1.35. The fourth-order valence-electron chi connectivity index (χ4n) is 2.97. The van der Waals surface area contributed by atoms with Crippen molar-refractivity contribution >= 4 is 5.91 Å². The van der Waals surface area contributed by atoms with Crippen molar-refractivity contribution in [3.63, 3.8) is 0 Å². The minimum absolute atomic E-state index is 0.204. The van der Waals surface area contributed by atoms with Crippen LogP contribution in [0.3, 0.4) is 0 Å². The van der Waals surface area contributed by atoms with Crippen LogP contribution >= 0.6 is 0 Å². The molecule has 2 N–H and O–H groups in total. The van der Waals surface area contributed by atoms with Gasteiger partial charge in [0, 0.05) is 25.6 Å². The Bertz CT molecular complexity index is 404. The molecule has 1 aliphatic carbocycles. The van der Waals surface area contributed by atoms with E-state index in [4.69, 9.17) is 5.73 Å². The zero-order valence-electron chi connectivity index (χ0n) is 11.7. The fourth-order valence-corrected chi connectivity index (χ4v) is 2.97. The van der Waals surface area contributed by atoms with E-state index in [2.05, 4.69) is 19.1 Å². The van der Waals surface area contributed by atoms with Gasteiger partial charge in [0.1, 0.15) is 0 Å². The van der Waals surface area contributed by atoms with Crippen molar-refractivity contribution in [3.8, 4) is 0 Å². The maximum atomic E-state index is 12.6. The van der Waals surface area contributed by atoms with E-state index in [0.717, 1.165) is 6.42 Å². The highest BCUT2D eigenvalue weighted by molar-refractivity contribution is 5.79. The summed E-state index contributed by atoms with van der Waals surface area (Å²) in [5, 5.41) is 0. The van der Waals surface area contributed by atoms with Gasteiger partial charge in [-0.15, -0.1) is 0 Å². The average Bonchev–Trinajstić information content (AvgIpc) is 2.85. The quantitative estimate of drug-likeness (QED) is 0.883. The predicted molar refractivity (Wildman–Crippen MR) is 77.4 cm³/mol. The molecule has 0 saturated heterocycles. The highest BCUT2D eigenvalue weighted by Crippen LogP contribution is 2.32. The molecule has 2 rings (SSSR count). The molecule has 1 aromatic rings. The first-order valence-electron chi connectivity index (χ1n) is 7.25. The summed E-state index contributed by atoms with van der Waals surface area (Å²) in [6.45, 7) is 4.05. The van der Waals surface area contributed by atoms with Crippen LogP contribution in [0.4, 0.5) is 0 Å². The van der Waals surface area contributed by atoms with Crippen LogP contribution in [0.5, 0.6) is 0 Å². The largest absolute Gasteiger partial charge is 0.337 e. The van der Waals surface area contributed by atoms with Gasteiger partial charge < -0.3 is 10.6 Å². The maximum absolute atomic E-state index is 12.6. The van der Waals surface area contributed by atoms with Crippen LogP contribution < -0.4 is 5.73 Å². The summed E-state index contributed by atoms with van der Waals surface area (Å²) in [5.74, 6) is 1.01. The van der Waals surface area contributed by atoms with Gasteiger partial charge in [-0.2, -0.15) is 0 Å². The smallest absolute Gasteiger partial charge is 0.226 e. The lowest BCUT2D eigenvalue weighted by atomic mass is 9.96. The highest BCUT2D eigenvalue weighted by atomic mass is 16.2. The third-order valence-electron chi connectivity index (χ3n) is 4.11. The van der Waals surface area contributed by atoms with Crippen LogP contribution in [0.25, 0.3) is 0 Å². The van der Waals surface area contributed by atoms with Gasteiger partial charge >= 0.3 is 0 Å². The minimum atomic E-state index is 0.204. The fraction of sp³-hybridized carbons (Fsp3) is 0.562. The maximum Gasteiger partial charge on any atom is 0.226 e. The van der Waals surface area contributed by atoms with E-state index in [1.807, 2.05) is 23.1 Å². The third-order valence-corrected chi connectivity index (χ3v) is 4.11. The first-order chi connectivity index (χ1) is 9.22. The van der Waals surface area contributed by atoms with Crippen molar-refractivity contribution in [2.24, 2.45) is 17.6 Å². The topological polar surface area (TPSA) is 46.3 Å². The lowest BCUT2D eigenvalue weighted by Crippen LogP contribution is -2.39. The lowest BCUT2D eigenvalue weighted by Gasteiger charge is -2.27. The summed E-state index contributed by atoms with van der Waals surface area (Å²) in [7, 11) is 0. The van der Waals surface area contributed by atoms with Gasteiger partial charge in [-0.05, 0) is 24.3 Å². The van der Waals surface area contributed by atoms with Gasteiger partial charge in [0.2, 0.25) is 5.91 Å². The zero-order valence-corrected chi connectivity index (χ0v) is 11.7. The number of hydrogen-bond donors (Lipinski definition) is 1. The van der Waals surface area contributed by atoms with Crippen molar-refractivity contribution in [2.75, 3.05) is 13.1 Å². The molecular weight excluding hydrogens is 236 g/mol. The second-order valence-corrected chi connectivity index (χ2v) is 5.55. The number of benzene rings is 1. The second kappa shape index (κ2) is 6.71. The summed E-state index contributed by atoms with van der Waals surface area (Å²) in [6, 6.07) is 10.2. The Labute approximate surface area is 115 Å². The number of hydrogen-bond acceptors (Lipinski definition) is 2. The Morgan fingerprint density at radius 1 is 1.32 bits per heavy atom. The highest BCUT2D eigenvalue weighted by Gasteiger charge is 2.32. The summed E-state index contributed by atoms with van der Waals surface area (Å²) in [5.41, 5.74) is 6.84. The summed E-state index contributed by atoms with van der Waals surface area (Å²) < 4.78 is 0. The molecule has 2 unspecified atom stereocenters. The Balaban J connectivity index is 2.04. The van der Waals surface area contributed by atoms with Crippen molar-refractivity contribution in [1.29, 1.82) is 0 Å². The first-order valence-corrected chi connectivity index (χ1v) is 7.25. The molecule has 2 atom stereocenters. The summed E-state index contributed by atoms with van der Waals surface area (Å²) >= 11 is 0. The normalized spacial score (nSPS) is 22.4. The van der Waals surface area contributed by atoms with E-state index in [0.29, 0.717) is 31.5 Å². The van der Waals surface area contributed by atoms with Crippen molar-refractivity contribution in [1.82, 2.24) is 4.90 Å². The van der Waals surface area contributed by atoms with E-state index < -0.39 is 0 Å². The van der Waals surface area contributed by atoms with Crippen molar-refractivity contribution < 1.29 is 4.79 Å². The summed E-state index contributed by atoms with van der Waals surface area (Å²) in [4.78, 5) is 14.6. The number of amides is 1. The van der Waals surface area contributed by atoms with Crippen molar-refractivity contribution in [3.05, 3.63) is 35.9 Å². The average molecular weight is 260 g/mol. The number of nitrogens with zero attached hydrogens (tertiary/aromatic N) is 1. The Morgan fingerprint density at radius 3 is 2.63 bits per heavy atom. The van der Waals surface area contributed by atoms with Gasteiger partial charge in [-0.25, -0.2) is 0 Å². The number of carbonyl (C=O) groups is 1. The molecule has 1 fully saturated rings. The number of carbonyl (C=O) groups excluding carboxylic acids is 1. The Morgan fingerprint density at radius 2 is 2.05 bits per heavy atom. The van der Waals surface area contributed by atoms with E-state index in [1.54, 1.807) is 0 Å². The van der Waals surface area contributed by atoms with E-state index >= 15 is 0 Å². The predicted octanol–water partition coefficient (Wildman–Crippen LogP) is 2.41. The number of rotatable bonds is 5. The SMILES string of the molecule is CC1CCCC1C(=O)N(CCN)Cc1ccccc1. The van der Waals surface area contributed by atoms with Gasteiger partial charge in [-0.1, -0.05) is 43.7 Å². The van der Waals surface area contributed by atoms with E-state index in [-0.39, 0.29) is 5.92 Å². The molecule has 1 amide bonds. The van der Waals surface area contributed by atoms with Gasteiger partial charge in [0.15, 0.2) is 0 Å². The number of nitrogens with two attached hydrogens (primary N) is 1. The Kier molecular flexibility index (Phi) is 4.97. The molecule has 0 radical (unpaired) electrons. The molecule has 19 heavy (non-hydrogen) atoms. The molecule has 3 nitrogen and oxygen atoms in total. The van der Waals surface area contributed by atoms with Crippen LogP contribution in [-0.2, 0) is 11.3 Å².